The summed E-state index contributed by atoms with van der Waals surface area (Å²) in [5.41, 5.74) is 7.80. The lowest BCUT2D eigenvalue weighted by atomic mass is 10.1. The van der Waals surface area contributed by atoms with Gasteiger partial charge in [0.25, 0.3) is 0 Å². The van der Waals surface area contributed by atoms with Gasteiger partial charge in [-0.1, -0.05) is 19.9 Å². The van der Waals surface area contributed by atoms with E-state index in [0.717, 1.165) is 48.1 Å². The van der Waals surface area contributed by atoms with Gasteiger partial charge in [-0.25, -0.2) is 0 Å². The monoisotopic (exact) mass is 293 g/mol. The van der Waals surface area contributed by atoms with E-state index >= 15 is 0 Å². The maximum Gasteiger partial charge on any atom is 0.126 e. The number of rotatable bonds is 5. The number of amidine groups is 1. The Bertz CT molecular complexity index is 478. The summed E-state index contributed by atoms with van der Waals surface area (Å²) in [5.74, 6) is 1.13. The van der Waals surface area contributed by atoms with Gasteiger partial charge in [0.1, 0.15) is 5.84 Å². The van der Waals surface area contributed by atoms with Gasteiger partial charge >= 0.3 is 0 Å². The standard InChI is InChI=1S/C15H23N3OS/c1-3-11-10-19-9-8-18(11)12-6-5-7-13(20-4-2)14(12)15(16)17/h5-7,11H,3-4,8-10H2,1-2H3,(H3,16,17). The van der Waals surface area contributed by atoms with Gasteiger partial charge in [-0.3, -0.25) is 5.41 Å². The Kier molecular flexibility index (Phi) is 5.31. The molecule has 0 bridgehead atoms. The highest BCUT2D eigenvalue weighted by molar-refractivity contribution is 7.99. The van der Waals surface area contributed by atoms with Gasteiger partial charge in [-0.2, -0.15) is 0 Å². The van der Waals surface area contributed by atoms with Crippen molar-refractivity contribution in [1.29, 1.82) is 5.41 Å². The molecule has 1 aliphatic rings. The van der Waals surface area contributed by atoms with Gasteiger partial charge in [-0.15, -0.1) is 11.8 Å². The third kappa shape index (κ3) is 3.10. The van der Waals surface area contributed by atoms with Crippen molar-refractivity contribution in [3.05, 3.63) is 23.8 Å². The Labute approximate surface area is 125 Å². The van der Waals surface area contributed by atoms with Crippen LogP contribution >= 0.6 is 11.8 Å². The predicted octanol–water partition coefficient (Wildman–Crippen LogP) is 2.70. The number of morpholine rings is 1. The maximum atomic E-state index is 7.94. The molecule has 1 heterocycles. The van der Waals surface area contributed by atoms with Crippen LogP contribution in [0.1, 0.15) is 25.8 Å². The smallest absolute Gasteiger partial charge is 0.126 e. The number of benzene rings is 1. The van der Waals surface area contributed by atoms with Crippen molar-refractivity contribution in [2.45, 2.75) is 31.2 Å². The lowest BCUT2D eigenvalue weighted by molar-refractivity contribution is 0.0929. The molecule has 110 valence electrons. The number of nitrogens with zero attached hydrogens (tertiary/aromatic N) is 1. The van der Waals surface area contributed by atoms with Crippen molar-refractivity contribution < 1.29 is 4.74 Å². The first-order valence-electron chi connectivity index (χ1n) is 7.13. The minimum Gasteiger partial charge on any atom is -0.384 e. The van der Waals surface area contributed by atoms with Crippen LogP contribution in [0.25, 0.3) is 0 Å². The normalized spacial score (nSPS) is 19.1. The van der Waals surface area contributed by atoms with Crippen LogP contribution in [-0.2, 0) is 4.74 Å². The molecule has 0 spiro atoms. The molecule has 0 aliphatic carbocycles. The molecule has 5 heteroatoms. The van der Waals surface area contributed by atoms with E-state index < -0.39 is 0 Å². The molecule has 20 heavy (non-hydrogen) atoms. The molecule has 1 atom stereocenters. The van der Waals surface area contributed by atoms with Gasteiger partial charge in [0.2, 0.25) is 0 Å². The van der Waals surface area contributed by atoms with Gasteiger partial charge in [-0.05, 0) is 24.3 Å². The van der Waals surface area contributed by atoms with Crippen molar-refractivity contribution in [1.82, 2.24) is 0 Å². The fourth-order valence-electron chi connectivity index (χ4n) is 2.62. The van der Waals surface area contributed by atoms with Gasteiger partial charge in [0.15, 0.2) is 0 Å². The number of ether oxygens (including phenoxy) is 1. The first-order chi connectivity index (χ1) is 9.69. The second-order valence-corrected chi connectivity index (χ2v) is 6.13. The third-order valence-electron chi connectivity index (χ3n) is 3.58. The molecule has 1 aliphatic heterocycles. The quantitative estimate of drug-likeness (QED) is 0.498. The third-order valence-corrected chi connectivity index (χ3v) is 4.52. The molecule has 3 N–H and O–H groups in total. The molecule has 1 fully saturated rings. The lowest BCUT2D eigenvalue weighted by Crippen LogP contribution is -2.46. The average Bonchev–Trinajstić information content (AvgIpc) is 2.47. The zero-order valence-corrected chi connectivity index (χ0v) is 13.0. The van der Waals surface area contributed by atoms with Gasteiger partial charge < -0.3 is 15.4 Å². The average molecular weight is 293 g/mol. The number of anilines is 1. The van der Waals surface area contributed by atoms with Crippen LogP contribution in [0.2, 0.25) is 0 Å². The lowest BCUT2D eigenvalue weighted by Gasteiger charge is -2.38. The zero-order chi connectivity index (χ0) is 14.5. The molecule has 0 saturated carbocycles. The maximum absolute atomic E-state index is 7.94. The van der Waals surface area contributed by atoms with Crippen LogP contribution in [0.4, 0.5) is 5.69 Å². The number of thioether (sulfide) groups is 1. The van der Waals surface area contributed by atoms with E-state index in [1.165, 1.54) is 0 Å². The molecule has 0 radical (unpaired) electrons. The topological polar surface area (TPSA) is 62.3 Å². The minimum atomic E-state index is 0.151. The summed E-state index contributed by atoms with van der Waals surface area (Å²) < 4.78 is 5.57. The molecule has 4 nitrogen and oxygen atoms in total. The summed E-state index contributed by atoms with van der Waals surface area (Å²) in [7, 11) is 0. The van der Waals surface area contributed by atoms with E-state index in [-0.39, 0.29) is 5.84 Å². The van der Waals surface area contributed by atoms with E-state index in [4.69, 9.17) is 15.9 Å². The Morgan fingerprint density at radius 1 is 1.50 bits per heavy atom. The van der Waals surface area contributed by atoms with Gasteiger partial charge in [0.05, 0.1) is 24.8 Å². The summed E-state index contributed by atoms with van der Waals surface area (Å²) in [6.07, 6.45) is 1.03. The summed E-state index contributed by atoms with van der Waals surface area (Å²) >= 11 is 1.74. The van der Waals surface area contributed by atoms with Crippen molar-refractivity contribution in [3.8, 4) is 0 Å². The van der Waals surface area contributed by atoms with Crippen molar-refractivity contribution in [3.63, 3.8) is 0 Å². The first kappa shape index (κ1) is 15.2. The highest BCUT2D eigenvalue weighted by atomic mass is 32.2. The molecule has 0 aromatic heterocycles. The Balaban J connectivity index is 2.43. The Hall–Kier alpha value is -1.20. The van der Waals surface area contributed by atoms with Crippen LogP contribution < -0.4 is 10.6 Å². The molecular formula is C15H23N3OS. The molecule has 1 aromatic carbocycles. The number of hydrogen-bond acceptors (Lipinski definition) is 4. The highest BCUT2D eigenvalue weighted by Crippen LogP contribution is 2.32. The summed E-state index contributed by atoms with van der Waals surface area (Å²) in [4.78, 5) is 3.44. The second kappa shape index (κ2) is 6.99. The highest BCUT2D eigenvalue weighted by Gasteiger charge is 2.25. The fourth-order valence-corrected chi connectivity index (χ4v) is 3.46. The van der Waals surface area contributed by atoms with E-state index in [9.17, 15) is 0 Å². The van der Waals surface area contributed by atoms with Crippen LogP contribution in [0.3, 0.4) is 0 Å². The van der Waals surface area contributed by atoms with Crippen LogP contribution in [0.15, 0.2) is 23.1 Å². The van der Waals surface area contributed by atoms with E-state index in [2.05, 4.69) is 36.9 Å². The van der Waals surface area contributed by atoms with E-state index in [1.54, 1.807) is 11.8 Å². The molecular weight excluding hydrogens is 270 g/mol. The molecule has 2 rings (SSSR count). The number of hydrogen-bond donors (Lipinski definition) is 2. The molecule has 1 unspecified atom stereocenters. The van der Waals surface area contributed by atoms with Crippen LogP contribution in [-0.4, -0.2) is 37.4 Å². The molecule has 0 amide bonds. The second-order valence-electron chi connectivity index (χ2n) is 4.83. The summed E-state index contributed by atoms with van der Waals surface area (Å²) in [5, 5.41) is 7.94. The summed E-state index contributed by atoms with van der Waals surface area (Å²) in [6.45, 7) is 6.63. The van der Waals surface area contributed by atoms with Crippen molar-refractivity contribution in [2.75, 3.05) is 30.4 Å². The van der Waals surface area contributed by atoms with Crippen molar-refractivity contribution >= 4 is 23.3 Å². The summed E-state index contributed by atoms with van der Waals surface area (Å²) in [6, 6.07) is 6.55. The number of nitrogens with one attached hydrogen (secondary N) is 1. The largest absolute Gasteiger partial charge is 0.384 e. The zero-order valence-electron chi connectivity index (χ0n) is 12.2. The number of nitrogens with two attached hydrogens (primary N) is 1. The van der Waals surface area contributed by atoms with Crippen LogP contribution in [0, 0.1) is 5.41 Å². The Morgan fingerprint density at radius 2 is 2.30 bits per heavy atom. The first-order valence-corrected chi connectivity index (χ1v) is 8.12. The predicted molar refractivity (Wildman–Crippen MR) is 86.1 cm³/mol. The Morgan fingerprint density at radius 3 is 2.95 bits per heavy atom. The fraction of sp³-hybridized carbons (Fsp3) is 0.533. The van der Waals surface area contributed by atoms with E-state index in [0.29, 0.717) is 6.04 Å². The van der Waals surface area contributed by atoms with Crippen molar-refractivity contribution in [2.24, 2.45) is 5.73 Å². The SMILES string of the molecule is CCSc1cccc(N2CCOCC2CC)c1C(=N)N. The van der Waals surface area contributed by atoms with Crippen LogP contribution in [0.5, 0.6) is 0 Å². The molecule has 1 aromatic rings. The molecule has 1 saturated heterocycles. The number of nitrogen functional groups attached to an aromatic ring is 1. The van der Waals surface area contributed by atoms with E-state index in [1.807, 2.05) is 0 Å². The van der Waals surface area contributed by atoms with Gasteiger partial charge in [0, 0.05) is 17.1 Å². The minimum absolute atomic E-state index is 0.151.